The van der Waals surface area contributed by atoms with Crippen LogP contribution >= 0.6 is 0 Å². The smallest absolute Gasteiger partial charge is 0.0496 e. The molecule has 0 radical (unpaired) electrons. The highest BCUT2D eigenvalue weighted by Crippen LogP contribution is 2.30. The monoisotopic (exact) mass is 230 g/mol. The summed E-state index contributed by atoms with van der Waals surface area (Å²) in [6.45, 7) is 0.286. The van der Waals surface area contributed by atoms with Gasteiger partial charge in [-0.05, 0) is 24.3 Å². The number of hydrogen-bond donors (Lipinski definition) is 1. The second-order valence-electron chi connectivity index (χ2n) is 5.01. The third kappa shape index (κ3) is 3.71. The van der Waals surface area contributed by atoms with Gasteiger partial charge in [-0.3, -0.25) is 0 Å². The molecule has 1 unspecified atom stereocenters. The van der Waals surface area contributed by atoms with Crippen LogP contribution in [0.4, 0.5) is 0 Å². The van der Waals surface area contributed by atoms with Crippen LogP contribution in [0.25, 0.3) is 6.08 Å². The number of aliphatic hydroxyl groups excluding tert-OH is 1. The summed E-state index contributed by atoms with van der Waals surface area (Å²) in [7, 11) is 0. The first-order valence-corrected chi connectivity index (χ1v) is 6.74. The topological polar surface area (TPSA) is 20.2 Å². The molecule has 1 aliphatic rings. The van der Waals surface area contributed by atoms with E-state index < -0.39 is 0 Å². The van der Waals surface area contributed by atoms with Gasteiger partial charge in [0.1, 0.15) is 0 Å². The fourth-order valence-corrected chi connectivity index (χ4v) is 2.73. The molecule has 0 bridgehead atoms. The Kier molecular flexibility index (Phi) is 4.81. The van der Waals surface area contributed by atoms with E-state index >= 15 is 0 Å². The lowest BCUT2D eigenvalue weighted by Crippen LogP contribution is -2.19. The Morgan fingerprint density at radius 3 is 2.47 bits per heavy atom. The molecule has 2 rings (SSSR count). The molecule has 0 aromatic heterocycles. The molecule has 1 N–H and O–H groups in total. The third-order valence-electron chi connectivity index (χ3n) is 3.80. The van der Waals surface area contributed by atoms with E-state index in [1.165, 1.54) is 37.7 Å². The molecule has 1 aromatic carbocycles. The predicted octanol–water partition coefficient (Wildman–Crippen LogP) is 3.89. The van der Waals surface area contributed by atoms with Gasteiger partial charge in [0.2, 0.25) is 0 Å². The molecule has 92 valence electrons. The lowest BCUT2D eigenvalue weighted by Gasteiger charge is -2.26. The summed E-state index contributed by atoms with van der Waals surface area (Å²) in [6.07, 6.45) is 11.0. The summed E-state index contributed by atoms with van der Waals surface area (Å²) < 4.78 is 0. The van der Waals surface area contributed by atoms with Crippen molar-refractivity contribution in [1.82, 2.24) is 0 Å². The zero-order chi connectivity index (χ0) is 11.9. The van der Waals surface area contributed by atoms with E-state index in [1.54, 1.807) is 0 Å². The van der Waals surface area contributed by atoms with Crippen LogP contribution in [-0.2, 0) is 0 Å². The highest BCUT2D eigenvalue weighted by atomic mass is 16.3. The zero-order valence-corrected chi connectivity index (χ0v) is 10.4. The van der Waals surface area contributed by atoms with Crippen LogP contribution in [0.5, 0.6) is 0 Å². The van der Waals surface area contributed by atoms with Crippen LogP contribution in [0.15, 0.2) is 36.4 Å². The minimum atomic E-state index is 0.286. The molecule has 1 atom stereocenters. The Morgan fingerprint density at radius 1 is 1.12 bits per heavy atom. The van der Waals surface area contributed by atoms with Crippen molar-refractivity contribution < 1.29 is 5.11 Å². The van der Waals surface area contributed by atoms with Gasteiger partial charge in [0.25, 0.3) is 0 Å². The Labute approximate surface area is 104 Å². The molecule has 1 aromatic rings. The minimum Gasteiger partial charge on any atom is -0.396 e. The fourth-order valence-electron chi connectivity index (χ4n) is 2.73. The minimum absolute atomic E-state index is 0.286. The van der Waals surface area contributed by atoms with Gasteiger partial charge in [0, 0.05) is 12.5 Å². The van der Waals surface area contributed by atoms with E-state index in [9.17, 15) is 5.11 Å². The van der Waals surface area contributed by atoms with Gasteiger partial charge in [0.05, 0.1) is 0 Å². The maximum Gasteiger partial charge on any atom is 0.0496 e. The van der Waals surface area contributed by atoms with E-state index in [1.807, 2.05) is 18.2 Å². The van der Waals surface area contributed by atoms with Gasteiger partial charge in [0.15, 0.2) is 0 Å². The van der Waals surface area contributed by atoms with Crippen molar-refractivity contribution in [3.8, 4) is 0 Å². The Hall–Kier alpha value is -1.08. The van der Waals surface area contributed by atoms with E-state index in [2.05, 4.69) is 24.3 Å². The van der Waals surface area contributed by atoms with Gasteiger partial charge in [-0.1, -0.05) is 61.7 Å². The van der Waals surface area contributed by atoms with E-state index in [0.29, 0.717) is 11.8 Å². The first-order chi connectivity index (χ1) is 8.40. The summed E-state index contributed by atoms with van der Waals surface area (Å²) in [4.78, 5) is 0. The lowest BCUT2D eigenvalue weighted by atomic mass is 9.80. The summed E-state index contributed by atoms with van der Waals surface area (Å²) in [5.74, 6) is 1.03. The van der Waals surface area contributed by atoms with Crippen LogP contribution < -0.4 is 0 Å². The molecule has 1 heteroatoms. The molecule has 1 nitrogen and oxygen atoms in total. The van der Waals surface area contributed by atoms with Gasteiger partial charge in [-0.15, -0.1) is 0 Å². The summed E-state index contributed by atoms with van der Waals surface area (Å²) >= 11 is 0. The van der Waals surface area contributed by atoms with Gasteiger partial charge in [-0.25, -0.2) is 0 Å². The average molecular weight is 230 g/mol. The van der Waals surface area contributed by atoms with Crippen molar-refractivity contribution in [3.63, 3.8) is 0 Å². The van der Waals surface area contributed by atoms with Gasteiger partial charge >= 0.3 is 0 Å². The Bertz CT molecular complexity index is 336. The summed E-state index contributed by atoms with van der Waals surface area (Å²) in [5.41, 5.74) is 1.22. The highest BCUT2D eigenvalue weighted by Gasteiger charge is 2.20. The van der Waals surface area contributed by atoms with Gasteiger partial charge < -0.3 is 5.11 Å². The van der Waals surface area contributed by atoms with Crippen LogP contribution in [0.3, 0.4) is 0 Å². The highest BCUT2D eigenvalue weighted by molar-refractivity contribution is 5.49. The number of rotatable bonds is 4. The van der Waals surface area contributed by atoms with Crippen LogP contribution in [-0.4, -0.2) is 11.7 Å². The van der Waals surface area contributed by atoms with Crippen LogP contribution in [0.1, 0.15) is 37.7 Å². The molecule has 0 aliphatic heterocycles. The van der Waals surface area contributed by atoms with Crippen molar-refractivity contribution in [3.05, 3.63) is 42.0 Å². The maximum atomic E-state index is 9.51. The molecule has 0 amide bonds. The molecule has 0 spiro atoms. The standard InChI is InChI=1S/C16H22O/c17-13-16(15-9-5-2-6-10-15)12-11-14-7-3-1-4-8-14/h1,3-4,7-8,11-12,15-17H,2,5-6,9-10,13H2/b12-11+. The normalized spacial score (nSPS) is 19.6. The lowest BCUT2D eigenvalue weighted by molar-refractivity contribution is 0.180. The molecule has 1 aliphatic carbocycles. The summed E-state index contributed by atoms with van der Waals surface area (Å²) in [6, 6.07) is 10.3. The molecule has 1 fully saturated rings. The second-order valence-corrected chi connectivity index (χ2v) is 5.01. The van der Waals surface area contributed by atoms with Gasteiger partial charge in [-0.2, -0.15) is 0 Å². The van der Waals surface area contributed by atoms with E-state index in [0.717, 1.165) is 0 Å². The number of benzene rings is 1. The van der Waals surface area contributed by atoms with Crippen LogP contribution in [0, 0.1) is 11.8 Å². The predicted molar refractivity (Wildman–Crippen MR) is 72.6 cm³/mol. The molecule has 1 saturated carbocycles. The van der Waals surface area contributed by atoms with Crippen molar-refractivity contribution in [1.29, 1.82) is 0 Å². The molecule has 0 saturated heterocycles. The molecule has 0 heterocycles. The molecular formula is C16H22O. The fraction of sp³-hybridized carbons (Fsp3) is 0.500. The quantitative estimate of drug-likeness (QED) is 0.832. The largest absolute Gasteiger partial charge is 0.396 e. The number of aliphatic hydroxyl groups is 1. The van der Waals surface area contributed by atoms with Crippen molar-refractivity contribution in [2.45, 2.75) is 32.1 Å². The average Bonchev–Trinajstić information content (AvgIpc) is 2.42. The zero-order valence-electron chi connectivity index (χ0n) is 10.4. The van der Waals surface area contributed by atoms with Crippen molar-refractivity contribution >= 4 is 6.08 Å². The van der Waals surface area contributed by atoms with E-state index in [4.69, 9.17) is 0 Å². The summed E-state index contributed by atoms with van der Waals surface area (Å²) in [5, 5.41) is 9.51. The molecule has 17 heavy (non-hydrogen) atoms. The van der Waals surface area contributed by atoms with Crippen LogP contribution in [0.2, 0.25) is 0 Å². The molecular weight excluding hydrogens is 208 g/mol. The van der Waals surface area contributed by atoms with Crippen molar-refractivity contribution in [2.75, 3.05) is 6.61 Å². The van der Waals surface area contributed by atoms with E-state index in [-0.39, 0.29) is 6.61 Å². The number of hydrogen-bond acceptors (Lipinski definition) is 1. The third-order valence-corrected chi connectivity index (χ3v) is 3.80. The van der Waals surface area contributed by atoms with Crippen molar-refractivity contribution in [2.24, 2.45) is 11.8 Å². The first kappa shape index (κ1) is 12.4. The maximum absolute atomic E-state index is 9.51. The SMILES string of the molecule is OCC(/C=C/c1ccccc1)C1CCCCC1. The Morgan fingerprint density at radius 2 is 1.82 bits per heavy atom. The second kappa shape index (κ2) is 6.61. The Balaban J connectivity index is 1.96. The first-order valence-electron chi connectivity index (χ1n) is 6.74.